The molecule has 0 aromatic heterocycles. The van der Waals surface area contributed by atoms with Gasteiger partial charge in [0.05, 0.1) is 0 Å². The van der Waals surface area contributed by atoms with E-state index in [9.17, 15) is 0 Å². The number of rotatable bonds is 2. The lowest BCUT2D eigenvalue weighted by Crippen LogP contribution is -1.99. The lowest BCUT2D eigenvalue weighted by Gasteiger charge is -2.06. The molecule has 0 aliphatic heterocycles. The summed E-state index contributed by atoms with van der Waals surface area (Å²) in [6, 6.07) is 14.5. The van der Waals surface area contributed by atoms with Gasteiger partial charge in [-0.15, -0.1) is 0 Å². The van der Waals surface area contributed by atoms with E-state index in [2.05, 4.69) is 0 Å². The van der Waals surface area contributed by atoms with Crippen molar-refractivity contribution in [2.45, 2.75) is 4.90 Å². The summed E-state index contributed by atoms with van der Waals surface area (Å²) >= 11 is 18.1. The summed E-state index contributed by atoms with van der Waals surface area (Å²) in [5.74, 6) is 0.672. The second kappa shape index (κ2) is 6.43. The van der Waals surface area contributed by atoms with E-state index in [-0.39, 0.29) is 0 Å². The van der Waals surface area contributed by atoms with Gasteiger partial charge in [-0.2, -0.15) is 0 Å². The van der Waals surface area contributed by atoms with Gasteiger partial charge in [-0.25, -0.2) is 0 Å². The van der Waals surface area contributed by atoms with Crippen LogP contribution in [-0.2, 0) is 0 Å². The van der Waals surface area contributed by atoms with Crippen molar-refractivity contribution in [1.82, 2.24) is 0 Å². The molecular weight excluding hydrogens is 307 g/mol. The third-order valence-electron chi connectivity index (χ3n) is 2.03. The maximum absolute atomic E-state index is 5.81. The van der Waals surface area contributed by atoms with Gasteiger partial charge in [0.15, 0.2) is 0 Å². The van der Waals surface area contributed by atoms with Gasteiger partial charge in [-0.3, -0.25) is 0 Å². The molecule has 5 heteroatoms. The molecule has 0 spiro atoms. The Hall–Kier alpha value is -0.740. The van der Waals surface area contributed by atoms with Crippen molar-refractivity contribution in [3.8, 4) is 5.75 Å². The van der Waals surface area contributed by atoms with E-state index in [1.54, 1.807) is 24.3 Å². The van der Waals surface area contributed by atoms with Gasteiger partial charge < -0.3 is 4.74 Å². The summed E-state index contributed by atoms with van der Waals surface area (Å²) in [6.07, 6.45) is 0. The Morgan fingerprint density at radius 1 is 0.889 bits per heavy atom. The smallest absolute Gasteiger partial charge is 0.230 e. The molecule has 0 atom stereocenters. The number of hydrogen-bond acceptors (Lipinski definition) is 3. The molecule has 0 N–H and O–H groups in total. The summed E-state index contributed by atoms with van der Waals surface area (Å²) in [7, 11) is 0. The largest absolute Gasteiger partial charge is 0.439 e. The van der Waals surface area contributed by atoms with Crippen molar-refractivity contribution in [2.24, 2.45) is 0 Å². The van der Waals surface area contributed by atoms with Crippen molar-refractivity contribution < 1.29 is 4.74 Å². The first-order valence-electron chi connectivity index (χ1n) is 5.04. The van der Waals surface area contributed by atoms with Crippen LogP contribution in [-0.4, -0.2) is 4.38 Å². The Morgan fingerprint density at radius 2 is 1.39 bits per heavy atom. The summed E-state index contributed by atoms with van der Waals surface area (Å²) in [5, 5.41) is 1.36. The molecule has 0 heterocycles. The molecule has 0 fully saturated rings. The van der Waals surface area contributed by atoms with Crippen molar-refractivity contribution in [2.75, 3.05) is 0 Å². The monoisotopic (exact) mass is 314 g/mol. The van der Waals surface area contributed by atoms with E-state index in [1.807, 2.05) is 24.3 Å². The van der Waals surface area contributed by atoms with Gasteiger partial charge in [0, 0.05) is 14.9 Å². The molecule has 0 radical (unpaired) electrons. The SMILES string of the molecule is S=C(Oc1ccc(Cl)cc1)Sc1ccc(Cl)cc1. The minimum atomic E-state index is 0.430. The van der Waals surface area contributed by atoms with E-state index in [0.717, 1.165) is 4.90 Å². The Bertz CT molecular complexity index is 488. The number of thiocarbonyl (C=S) groups is 1. The minimum absolute atomic E-state index is 0.430. The van der Waals surface area contributed by atoms with Gasteiger partial charge in [-0.05, 0) is 72.5 Å². The lowest BCUT2D eigenvalue weighted by molar-refractivity contribution is 0.579. The summed E-state index contributed by atoms with van der Waals surface area (Å²) < 4.78 is 5.94. The average Bonchev–Trinajstić information content (AvgIpc) is 2.35. The van der Waals surface area contributed by atoms with Gasteiger partial charge in [0.25, 0.3) is 0 Å². The standard InChI is InChI=1S/C13H8Cl2OS2/c14-9-1-5-11(6-2-9)16-13(17)18-12-7-3-10(15)4-8-12/h1-8H. The number of ether oxygens (including phenoxy) is 1. The zero-order chi connectivity index (χ0) is 13.0. The van der Waals surface area contributed by atoms with Crippen LogP contribution in [0.15, 0.2) is 53.4 Å². The van der Waals surface area contributed by atoms with Gasteiger partial charge in [0.2, 0.25) is 4.38 Å². The van der Waals surface area contributed by atoms with E-state index >= 15 is 0 Å². The molecule has 2 aromatic carbocycles. The first kappa shape index (κ1) is 13.7. The molecule has 18 heavy (non-hydrogen) atoms. The highest BCUT2D eigenvalue weighted by atomic mass is 35.5. The zero-order valence-corrected chi connectivity index (χ0v) is 12.2. The Kier molecular flexibility index (Phi) is 4.89. The van der Waals surface area contributed by atoms with Crippen LogP contribution in [0, 0.1) is 0 Å². The molecule has 0 aliphatic carbocycles. The third-order valence-corrected chi connectivity index (χ3v) is 3.62. The van der Waals surface area contributed by atoms with Gasteiger partial charge >= 0.3 is 0 Å². The first-order valence-corrected chi connectivity index (χ1v) is 7.02. The fourth-order valence-corrected chi connectivity index (χ4v) is 2.46. The van der Waals surface area contributed by atoms with Crippen LogP contribution in [0.25, 0.3) is 0 Å². The Morgan fingerprint density at radius 3 is 1.94 bits per heavy atom. The summed E-state index contributed by atoms with van der Waals surface area (Å²) in [5.41, 5.74) is 0. The fourth-order valence-electron chi connectivity index (χ4n) is 1.22. The molecule has 2 aromatic rings. The molecule has 1 nitrogen and oxygen atoms in total. The maximum Gasteiger partial charge on any atom is 0.230 e. The van der Waals surface area contributed by atoms with E-state index < -0.39 is 0 Å². The highest BCUT2D eigenvalue weighted by molar-refractivity contribution is 8.22. The Labute approximate surface area is 125 Å². The second-order valence-corrected chi connectivity index (χ2v) is 5.91. The van der Waals surface area contributed by atoms with Crippen molar-refractivity contribution in [3.05, 3.63) is 58.6 Å². The quantitative estimate of drug-likeness (QED) is 0.539. The summed E-state index contributed by atoms with van der Waals surface area (Å²) in [4.78, 5) is 0.985. The summed E-state index contributed by atoms with van der Waals surface area (Å²) in [6.45, 7) is 0. The van der Waals surface area contributed by atoms with Crippen LogP contribution in [0.4, 0.5) is 0 Å². The molecule has 92 valence electrons. The molecule has 0 bridgehead atoms. The molecular formula is C13H8Cl2OS2. The van der Waals surface area contributed by atoms with Crippen LogP contribution in [0.2, 0.25) is 10.0 Å². The number of hydrogen-bond donors (Lipinski definition) is 0. The molecule has 0 saturated carbocycles. The lowest BCUT2D eigenvalue weighted by atomic mass is 10.3. The first-order chi connectivity index (χ1) is 8.63. The maximum atomic E-state index is 5.81. The second-order valence-electron chi connectivity index (χ2n) is 3.36. The number of halogens is 2. The zero-order valence-electron chi connectivity index (χ0n) is 9.10. The van der Waals surface area contributed by atoms with E-state index in [4.69, 9.17) is 40.2 Å². The minimum Gasteiger partial charge on any atom is -0.439 e. The van der Waals surface area contributed by atoms with Crippen LogP contribution >= 0.6 is 47.2 Å². The number of benzene rings is 2. The predicted molar refractivity (Wildman–Crippen MR) is 82.0 cm³/mol. The Balaban J connectivity index is 1.96. The number of thioether (sulfide) groups is 1. The average molecular weight is 315 g/mol. The molecule has 2 rings (SSSR count). The van der Waals surface area contributed by atoms with Crippen molar-refractivity contribution in [3.63, 3.8) is 0 Å². The highest BCUT2D eigenvalue weighted by Gasteiger charge is 2.03. The highest BCUT2D eigenvalue weighted by Crippen LogP contribution is 2.24. The fraction of sp³-hybridized carbons (Fsp3) is 0. The predicted octanol–water partition coefficient (Wildman–Crippen LogP) is 5.45. The molecule has 0 amide bonds. The van der Waals surface area contributed by atoms with Crippen molar-refractivity contribution >= 4 is 51.6 Å². The third kappa shape index (κ3) is 4.18. The van der Waals surface area contributed by atoms with Crippen LogP contribution in [0.1, 0.15) is 0 Å². The molecule has 0 unspecified atom stereocenters. The van der Waals surface area contributed by atoms with Crippen LogP contribution in [0.5, 0.6) is 5.75 Å². The van der Waals surface area contributed by atoms with E-state index in [0.29, 0.717) is 20.2 Å². The van der Waals surface area contributed by atoms with Gasteiger partial charge in [0.1, 0.15) is 5.75 Å². The van der Waals surface area contributed by atoms with Crippen LogP contribution < -0.4 is 4.74 Å². The normalized spacial score (nSPS) is 10.1. The van der Waals surface area contributed by atoms with Crippen molar-refractivity contribution in [1.29, 1.82) is 0 Å². The topological polar surface area (TPSA) is 9.23 Å². The van der Waals surface area contributed by atoms with E-state index in [1.165, 1.54) is 11.8 Å². The molecule has 0 saturated heterocycles. The molecule has 0 aliphatic rings. The van der Waals surface area contributed by atoms with Crippen LogP contribution in [0.3, 0.4) is 0 Å². The van der Waals surface area contributed by atoms with Gasteiger partial charge in [-0.1, -0.05) is 23.2 Å².